The number of hydrogen-bond acceptors (Lipinski definition) is 2. The summed E-state index contributed by atoms with van der Waals surface area (Å²) in [5, 5.41) is 3.39. The van der Waals surface area contributed by atoms with Crippen LogP contribution in [-0.4, -0.2) is 36.5 Å². The summed E-state index contributed by atoms with van der Waals surface area (Å²) >= 11 is 0. The first kappa shape index (κ1) is 17.8. The van der Waals surface area contributed by atoms with Crippen molar-refractivity contribution in [3.8, 4) is 0 Å². The average molecular weight is 303 g/mol. The molecule has 0 radical (unpaired) electrons. The molecule has 2 rings (SSSR count). The number of carbonyl (C=O) groups excluding carboxylic acids is 1. The predicted octanol–water partition coefficient (Wildman–Crippen LogP) is 3.23. The Labute approximate surface area is 130 Å². The van der Waals surface area contributed by atoms with E-state index >= 15 is 0 Å². The molecule has 0 aromatic rings. The highest BCUT2D eigenvalue weighted by Crippen LogP contribution is 2.33. The van der Waals surface area contributed by atoms with E-state index in [2.05, 4.69) is 24.1 Å². The molecule has 3 nitrogen and oxygen atoms in total. The molecule has 0 bridgehead atoms. The largest absolute Gasteiger partial charge is 0.340 e. The fraction of sp³-hybridized carbons (Fsp3) is 0.938. The van der Waals surface area contributed by atoms with Crippen molar-refractivity contribution in [2.24, 2.45) is 11.8 Å². The molecular formula is C16H31ClN2O. The zero-order chi connectivity index (χ0) is 13.7. The number of rotatable bonds is 5. The fourth-order valence-electron chi connectivity index (χ4n) is 3.74. The molecule has 2 aliphatic rings. The van der Waals surface area contributed by atoms with Gasteiger partial charge in [0.15, 0.2) is 0 Å². The summed E-state index contributed by atoms with van der Waals surface area (Å²) in [7, 11) is 0. The Balaban J connectivity index is 0.00000200. The zero-order valence-corrected chi connectivity index (χ0v) is 13.9. The maximum Gasteiger partial charge on any atom is 0.223 e. The minimum atomic E-state index is 0. The van der Waals surface area contributed by atoms with E-state index in [1.54, 1.807) is 0 Å². The van der Waals surface area contributed by atoms with E-state index in [-0.39, 0.29) is 12.4 Å². The first-order valence-corrected chi connectivity index (χ1v) is 8.21. The second kappa shape index (κ2) is 8.89. The maximum absolute atomic E-state index is 12.6. The molecule has 1 amide bonds. The Hall–Kier alpha value is -0.280. The predicted molar refractivity (Wildman–Crippen MR) is 86.3 cm³/mol. The molecule has 20 heavy (non-hydrogen) atoms. The highest BCUT2D eigenvalue weighted by atomic mass is 35.5. The van der Waals surface area contributed by atoms with Crippen LogP contribution in [0.2, 0.25) is 0 Å². The second-order valence-electron chi connectivity index (χ2n) is 6.56. The standard InChI is InChI=1S/C16H30N2O.ClH/c1-3-10-18(15-6-8-17-9-7-15)16(19)12-14-5-4-13(2)11-14;/h13-15,17H,3-12H2,1-2H3;1H. The monoisotopic (exact) mass is 302 g/mol. The van der Waals surface area contributed by atoms with Crippen LogP contribution in [0.3, 0.4) is 0 Å². The van der Waals surface area contributed by atoms with Gasteiger partial charge in [0.2, 0.25) is 5.91 Å². The van der Waals surface area contributed by atoms with Crippen LogP contribution in [-0.2, 0) is 4.79 Å². The van der Waals surface area contributed by atoms with Crippen LogP contribution in [0, 0.1) is 11.8 Å². The third kappa shape index (κ3) is 4.92. The van der Waals surface area contributed by atoms with Gasteiger partial charge in [-0.05, 0) is 57.0 Å². The first-order chi connectivity index (χ1) is 9.20. The molecule has 2 fully saturated rings. The molecule has 1 saturated heterocycles. The van der Waals surface area contributed by atoms with Gasteiger partial charge in [0, 0.05) is 19.0 Å². The molecule has 1 aliphatic carbocycles. The van der Waals surface area contributed by atoms with E-state index in [1.165, 1.54) is 19.3 Å². The topological polar surface area (TPSA) is 32.3 Å². The third-order valence-electron chi connectivity index (χ3n) is 4.80. The second-order valence-corrected chi connectivity index (χ2v) is 6.56. The van der Waals surface area contributed by atoms with Gasteiger partial charge in [-0.15, -0.1) is 12.4 Å². The maximum atomic E-state index is 12.6. The van der Waals surface area contributed by atoms with Gasteiger partial charge in [-0.3, -0.25) is 4.79 Å². The third-order valence-corrected chi connectivity index (χ3v) is 4.80. The van der Waals surface area contributed by atoms with Crippen LogP contribution in [0.5, 0.6) is 0 Å². The van der Waals surface area contributed by atoms with Crippen molar-refractivity contribution in [2.45, 2.75) is 64.8 Å². The molecule has 1 saturated carbocycles. The Kier molecular flexibility index (Phi) is 7.90. The van der Waals surface area contributed by atoms with E-state index in [1.807, 2.05) is 0 Å². The highest BCUT2D eigenvalue weighted by molar-refractivity contribution is 5.85. The highest BCUT2D eigenvalue weighted by Gasteiger charge is 2.29. The molecule has 0 spiro atoms. The number of piperidine rings is 1. The number of carbonyl (C=O) groups is 1. The molecule has 0 aromatic carbocycles. The van der Waals surface area contributed by atoms with Crippen molar-refractivity contribution in [1.82, 2.24) is 10.2 Å². The van der Waals surface area contributed by atoms with Gasteiger partial charge in [0.1, 0.15) is 0 Å². The summed E-state index contributed by atoms with van der Waals surface area (Å²) in [6.07, 6.45) is 7.99. The summed E-state index contributed by atoms with van der Waals surface area (Å²) in [5.41, 5.74) is 0. The van der Waals surface area contributed by atoms with Crippen LogP contribution < -0.4 is 5.32 Å². The lowest BCUT2D eigenvalue weighted by atomic mass is 9.99. The average Bonchev–Trinajstić information content (AvgIpc) is 2.82. The van der Waals surface area contributed by atoms with Crippen LogP contribution in [0.15, 0.2) is 0 Å². The summed E-state index contributed by atoms with van der Waals surface area (Å²) < 4.78 is 0. The quantitative estimate of drug-likeness (QED) is 0.845. The van der Waals surface area contributed by atoms with Gasteiger partial charge >= 0.3 is 0 Å². The van der Waals surface area contributed by atoms with Gasteiger partial charge in [-0.25, -0.2) is 0 Å². The number of halogens is 1. The summed E-state index contributed by atoms with van der Waals surface area (Å²) in [4.78, 5) is 14.8. The Bertz CT molecular complexity index is 292. The molecule has 118 valence electrons. The van der Waals surface area contributed by atoms with Crippen molar-refractivity contribution in [3.05, 3.63) is 0 Å². The Morgan fingerprint density at radius 1 is 1.20 bits per heavy atom. The molecule has 2 unspecified atom stereocenters. The molecule has 2 atom stereocenters. The van der Waals surface area contributed by atoms with E-state index < -0.39 is 0 Å². The number of nitrogens with one attached hydrogen (secondary N) is 1. The van der Waals surface area contributed by atoms with E-state index in [0.717, 1.165) is 51.2 Å². The summed E-state index contributed by atoms with van der Waals surface area (Å²) in [6.45, 7) is 7.59. The lowest BCUT2D eigenvalue weighted by Gasteiger charge is -2.35. The van der Waals surface area contributed by atoms with E-state index in [9.17, 15) is 4.79 Å². The normalized spacial score (nSPS) is 27.1. The summed E-state index contributed by atoms with van der Waals surface area (Å²) in [5.74, 6) is 1.91. The van der Waals surface area contributed by atoms with Gasteiger partial charge in [-0.2, -0.15) is 0 Å². The Morgan fingerprint density at radius 2 is 1.90 bits per heavy atom. The van der Waals surface area contributed by atoms with Gasteiger partial charge < -0.3 is 10.2 Å². The smallest absolute Gasteiger partial charge is 0.223 e. The van der Waals surface area contributed by atoms with Crippen LogP contribution in [0.1, 0.15) is 58.8 Å². The van der Waals surface area contributed by atoms with Gasteiger partial charge in [0.25, 0.3) is 0 Å². The SMILES string of the molecule is CCCN(C(=O)CC1CCC(C)C1)C1CCNCC1.Cl. The van der Waals surface area contributed by atoms with Gasteiger partial charge in [0.05, 0.1) is 0 Å². The lowest BCUT2D eigenvalue weighted by molar-refractivity contribution is -0.135. The summed E-state index contributed by atoms with van der Waals surface area (Å²) in [6, 6.07) is 0.493. The molecule has 4 heteroatoms. The van der Waals surface area contributed by atoms with Crippen molar-refractivity contribution in [2.75, 3.05) is 19.6 Å². The molecule has 1 N–H and O–H groups in total. The number of nitrogens with zero attached hydrogens (tertiary/aromatic N) is 1. The van der Waals surface area contributed by atoms with Crippen molar-refractivity contribution in [1.29, 1.82) is 0 Å². The van der Waals surface area contributed by atoms with Crippen LogP contribution >= 0.6 is 12.4 Å². The van der Waals surface area contributed by atoms with E-state index in [4.69, 9.17) is 0 Å². The lowest BCUT2D eigenvalue weighted by Crippen LogP contribution is -2.46. The molecule has 0 aromatic heterocycles. The number of hydrogen-bond donors (Lipinski definition) is 1. The minimum absolute atomic E-state index is 0. The van der Waals surface area contributed by atoms with Crippen molar-refractivity contribution in [3.63, 3.8) is 0 Å². The fourth-order valence-corrected chi connectivity index (χ4v) is 3.74. The zero-order valence-electron chi connectivity index (χ0n) is 13.1. The Morgan fingerprint density at radius 3 is 2.45 bits per heavy atom. The number of amides is 1. The van der Waals surface area contributed by atoms with Crippen LogP contribution in [0.25, 0.3) is 0 Å². The first-order valence-electron chi connectivity index (χ1n) is 8.21. The van der Waals surface area contributed by atoms with Crippen molar-refractivity contribution < 1.29 is 4.79 Å². The van der Waals surface area contributed by atoms with Crippen LogP contribution in [0.4, 0.5) is 0 Å². The molecule has 1 aliphatic heterocycles. The van der Waals surface area contributed by atoms with Crippen molar-refractivity contribution >= 4 is 18.3 Å². The van der Waals surface area contributed by atoms with Gasteiger partial charge in [-0.1, -0.05) is 20.3 Å². The molecular weight excluding hydrogens is 272 g/mol. The van der Waals surface area contributed by atoms with E-state index in [0.29, 0.717) is 17.9 Å². The minimum Gasteiger partial charge on any atom is -0.340 e. The molecule has 1 heterocycles.